The topological polar surface area (TPSA) is 62.1 Å². The summed E-state index contributed by atoms with van der Waals surface area (Å²) in [5, 5.41) is 13.0. The molecule has 19 heavy (non-hydrogen) atoms. The number of ether oxygens (including phenoxy) is 1. The van der Waals surface area contributed by atoms with E-state index in [1.54, 1.807) is 6.07 Å². The highest BCUT2D eigenvalue weighted by atomic mass is 32.1. The van der Waals surface area contributed by atoms with E-state index in [1.807, 2.05) is 6.07 Å². The molecule has 0 aromatic carbocycles. The van der Waals surface area contributed by atoms with Gasteiger partial charge in [-0.3, -0.25) is 4.79 Å². The summed E-state index contributed by atoms with van der Waals surface area (Å²) in [5.74, 6) is 1.00. The molecule has 1 unspecified atom stereocenters. The van der Waals surface area contributed by atoms with Crippen LogP contribution >= 0.6 is 11.3 Å². The summed E-state index contributed by atoms with van der Waals surface area (Å²) in [7, 11) is 0. The summed E-state index contributed by atoms with van der Waals surface area (Å²) < 4.78 is 5.62. The largest absolute Gasteiger partial charge is 0.497 e. The number of hydrogen-bond acceptors (Lipinski definition) is 5. The summed E-state index contributed by atoms with van der Waals surface area (Å²) in [6, 6.07) is 5.77. The van der Waals surface area contributed by atoms with Crippen LogP contribution in [0.25, 0.3) is 0 Å². The first-order valence-corrected chi connectivity index (χ1v) is 7.21. The quantitative estimate of drug-likeness (QED) is 0.920. The van der Waals surface area contributed by atoms with E-state index in [1.165, 1.54) is 16.9 Å². The Bertz CT molecular complexity index is 583. The normalized spacial score (nSPS) is 21.8. The lowest BCUT2D eigenvalue weighted by Crippen LogP contribution is -2.28. The molecular weight excluding hydrogens is 260 g/mol. The lowest BCUT2D eigenvalue weighted by Gasteiger charge is -2.22. The molecule has 1 aliphatic heterocycles. The zero-order valence-corrected chi connectivity index (χ0v) is 11.3. The second-order valence-corrected chi connectivity index (χ2v) is 5.83. The number of carbonyl (C=O) groups excluding carboxylic acids is 1. The minimum Gasteiger partial charge on any atom is -0.497 e. The van der Waals surface area contributed by atoms with E-state index in [9.17, 15) is 4.79 Å². The minimum atomic E-state index is -0.154. The molecule has 1 aromatic heterocycles. The molecule has 1 aliphatic carbocycles. The molecule has 0 fully saturated rings. The van der Waals surface area contributed by atoms with Crippen LogP contribution in [0.3, 0.4) is 0 Å². The molecule has 5 heteroatoms. The maximum absolute atomic E-state index is 12.0. The summed E-state index contributed by atoms with van der Waals surface area (Å²) in [6.45, 7) is 1.27. The number of rotatable bonds is 3. The molecule has 0 bridgehead atoms. The number of carbonyl (C=O) groups is 1. The molecule has 0 saturated carbocycles. The van der Waals surface area contributed by atoms with Gasteiger partial charge in [0, 0.05) is 19.4 Å². The van der Waals surface area contributed by atoms with E-state index in [0.29, 0.717) is 24.4 Å². The Morgan fingerprint density at radius 3 is 3.11 bits per heavy atom. The smallest absolute Gasteiger partial charge is 0.145 e. The highest BCUT2D eigenvalue weighted by Gasteiger charge is 2.33. The van der Waals surface area contributed by atoms with Gasteiger partial charge in [0.05, 0.1) is 17.5 Å². The summed E-state index contributed by atoms with van der Waals surface area (Å²) >= 11 is 1.41. The van der Waals surface area contributed by atoms with Crippen molar-refractivity contribution >= 4 is 22.1 Å². The van der Waals surface area contributed by atoms with Crippen LogP contribution in [0.5, 0.6) is 0 Å². The van der Waals surface area contributed by atoms with Crippen molar-refractivity contribution < 1.29 is 9.53 Å². The first-order valence-electron chi connectivity index (χ1n) is 6.39. The van der Waals surface area contributed by atoms with Crippen LogP contribution in [0, 0.1) is 17.2 Å². The number of thiophene rings is 1. The minimum absolute atomic E-state index is 0.154. The number of nitriles is 1. The van der Waals surface area contributed by atoms with Crippen LogP contribution in [0.1, 0.15) is 24.1 Å². The van der Waals surface area contributed by atoms with Crippen molar-refractivity contribution in [3.05, 3.63) is 28.3 Å². The van der Waals surface area contributed by atoms with E-state index in [0.717, 1.165) is 23.6 Å². The molecule has 4 nitrogen and oxygen atoms in total. The molecule has 1 atom stereocenters. The van der Waals surface area contributed by atoms with Gasteiger partial charge in [-0.2, -0.15) is 5.26 Å². The first-order chi connectivity index (χ1) is 9.28. The zero-order valence-electron chi connectivity index (χ0n) is 10.4. The van der Waals surface area contributed by atoms with Gasteiger partial charge in [-0.25, -0.2) is 0 Å². The van der Waals surface area contributed by atoms with Crippen molar-refractivity contribution in [2.24, 2.45) is 5.92 Å². The molecule has 2 aliphatic rings. The van der Waals surface area contributed by atoms with Gasteiger partial charge in [0.1, 0.15) is 22.5 Å². The lowest BCUT2D eigenvalue weighted by molar-refractivity contribution is -0.122. The molecule has 1 aromatic rings. The van der Waals surface area contributed by atoms with Gasteiger partial charge in [0.2, 0.25) is 0 Å². The van der Waals surface area contributed by atoms with Crippen LogP contribution in [0.2, 0.25) is 0 Å². The number of Topliss-reactive ketones (excluding diaryl/α,β-unsaturated/α-hetero) is 1. The average molecular weight is 274 g/mol. The highest BCUT2D eigenvalue weighted by molar-refractivity contribution is 7.16. The number of hydrogen-bond donors (Lipinski definition) is 1. The van der Waals surface area contributed by atoms with Gasteiger partial charge in [0.25, 0.3) is 0 Å². The summed E-state index contributed by atoms with van der Waals surface area (Å²) in [6.07, 6.45) is 2.46. The Hall–Kier alpha value is -1.80. The molecule has 1 N–H and O–H groups in total. The second kappa shape index (κ2) is 5.06. The van der Waals surface area contributed by atoms with Crippen LogP contribution in [-0.4, -0.2) is 18.9 Å². The summed E-state index contributed by atoms with van der Waals surface area (Å²) in [5.41, 5.74) is 1.32. The third-order valence-electron chi connectivity index (χ3n) is 3.58. The van der Waals surface area contributed by atoms with Gasteiger partial charge in [-0.1, -0.05) is 0 Å². The van der Waals surface area contributed by atoms with E-state index in [4.69, 9.17) is 10.00 Å². The van der Waals surface area contributed by atoms with E-state index in [2.05, 4.69) is 11.4 Å². The zero-order chi connectivity index (χ0) is 13.2. The van der Waals surface area contributed by atoms with Gasteiger partial charge in [0.15, 0.2) is 0 Å². The molecule has 0 radical (unpaired) electrons. The third kappa shape index (κ3) is 2.36. The molecule has 3 rings (SSSR count). The van der Waals surface area contributed by atoms with Crippen molar-refractivity contribution in [1.29, 1.82) is 5.26 Å². The fourth-order valence-corrected chi connectivity index (χ4v) is 3.31. The number of nitrogens with one attached hydrogen (secondary N) is 1. The Morgan fingerprint density at radius 2 is 2.32 bits per heavy atom. The molecular formula is C14H14N2O2S. The van der Waals surface area contributed by atoms with Gasteiger partial charge in [-0.05, 0) is 24.1 Å². The fourth-order valence-electron chi connectivity index (χ4n) is 2.60. The van der Waals surface area contributed by atoms with E-state index >= 15 is 0 Å². The predicted octanol–water partition coefficient (Wildman–Crippen LogP) is 2.69. The molecule has 0 spiro atoms. The Kier molecular flexibility index (Phi) is 3.26. The predicted molar refractivity (Wildman–Crippen MR) is 72.8 cm³/mol. The Morgan fingerprint density at radius 1 is 1.42 bits per heavy atom. The average Bonchev–Trinajstić information content (AvgIpc) is 3.05. The Balaban J connectivity index is 1.70. The van der Waals surface area contributed by atoms with Crippen molar-refractivity contribution in [2.75, 3.05) is 18.5 Å². The number of ketones is 1. The van der Waals surface area contributed by atoms with Crippen LogP contribution in [-0.2, 0) is 9.53 Å². The van der Waals surface area contributed by atoms with Crippen molar-refractivity contribution in [1.82, 2.24) is 0 Å². The van der Waals surface area contributed by atoms with Gasteiger partial charge in [-0.15, -0.1) is 11.3 Å². The third-order valence-corrected chi connectivity index (χ3v) is 4.53. The molecule has 98 valence electrons. The Labute approximate surface area is 115 Å². The monoisotopic (exact) mass is 274 g/mol. The van der Waals surface area contributed by atoms with Crippen molar-refractivity contribution in [3.63, 3.8) is 0 Å². The first kappa shape index (κ1) is 12.2. The van der Waals surface area contributed by atoms with Gasteiger partial charge >= 0.3 is 0 Å². The maximum Gasteiger partial charge on any atom is 0.145 e. The standard InChI is InChI=1S/C14H14N2O2S/c15-7-10-2-4-13(19-10)16-8-11-12(17)3-1-9-5-6-18-14(9)11/h2,4,11,16H,1,3,5-6,8H2. The molecule has 0 amide bonds. The molecule has 0 saturated heterocycles. The highest BCUT2D eigenvalue weighted by Crippen LogP contribution is 2.35. The van der Waals surface area contributed by atoms with Crippen LogP contribution in [0.4, 0.5) is 5.00 Å². The second-order valence-electron chi connectivity index (χ2n) is 4.74. The van der Waals surface area contributed by atoms with Crippen molar-refractivity contribution in [2.45, 2.75) is 19.3 Å². The summed E-state index contributed by atoms with van der Waals surface area (Å²) in [4.78, 5) is 12.7. The van der Waals surface area contributed by atoms with Crippen LogP contribution < -0.4 is 5.32 Å². The van der Waals surface area contributed by atoms with Gasteiger partial charge < -0.3 is 10.1 Å². The maximum atomic E-state index is 12.0. The van der Waals surface area contributed by atoms with Crippen molar-refractivity contribution in [3.8, 4) is 6.07 Å². The number of anilines is 1. The number of nitrogens with zero attached hydrogens (tertiary/aromatic N) is 1. The fraction of sp³-hybridized carbons (Fsp3) is 0.429. The van der Waals surface area contributed by atoms with E-state index < -0.39 is 0 Å². The van der Waals surface area contributed by atoms with Crippen LogP contribution in [0.15, 0.2) is 23.5 Å². The lowest BCUT2D eigenvalue weighted by atomic mass is 9.87. The van der Waals surface area contributed by atoms with E-state index in [-0.39, 0.29) is 11.7 Å². The molecule has 2 heterocycles. The SMILES string of the molecule is N#Cc1ccc(NCC2C(=O)CCC3=C2OCC3)s1.